The van der Waals surface area contributed by atoms with Crippen LogP contribution in [-0.2, 0) is 0 Å². The molecule has 118 valence electrons. The number of nitrogens with zero attached hydrogens (tertiary/aromatic N) is 1. The molecule has 0 radical (unpaired) electrons. The standard InChI is InChI=1S/C20H17N3O/c1-14(17-10-11-19(20(21)24)22-13-17)23-18-9-5-8-16(12-18)15-6-3-2-4-7-15/h2-13,23H,1H2,(H2,21,24). The summed E-state index contributed by atoms with van der Waals surface area (Å²) in [5.74, 6) is -0.546. The molecular weight excluding hydrogens is 298 g/mol. The molecule has 3 rings (SSSR count). The summed E-state index contributed by atoms with van der Waals surface area (Å²) in [6.45, 7) is 4.03. The van der Waals surface area contributed by atoms with E-state index in [4.69, 9.17) is 5.73 Å². The van der Waals surface area contributed by atoms with Crippen molar-refractivity contribution in [2.24, 2.45) is 5.73 Å². The van der Waals surface area contributed by atoms with E-state index in [1.165, 1.54) is 0 Å². The molecule has 0 saturated heterocycles. The van der Waals surface area contributed by atoms with Crippen LogP contribution in [0.1, 0.15) is 16.1 Å². The van der Waals surface area contributed by atoms with Crippen molar-refractivity contribution in [3.63, 3.8) is 0 Å². The lowest BCUT2D eigenvalue weighted by molar-refractivity contribution is 0.0995. The highest BCUT2D eigenvalue weighted by Gasteiger charge is 2.05. The number of carbonyl (C=O) groups is 1. The lowest BCUT2D eigenvalue weighted by atomic mass is 10.1. The number of pyridine rings is 1. The summed E-state index contributed by atoms with van der Waals surface area (Å²) in [6, 6.07) is 21.6. The molecule has 4 heteroatoms. The van der Waals surface area contributed by atoms with Gasteiger partial charge in [-0.05, 0) is 35.4 Å². The summed E-state index contributed by atoms with van der Waals surface area (Å²) < 4.78 is 0. The molecule has 0 bridgehead atoms. The average Bonchev–Trinajstić information content (AvgIpc) is 2.63. The van der Waals surface area contributed by atoms with Crippen molar-refractivity contribution in [1.29, 1.82) is 0 Å². The first kappa shape index (κ1) is 15.5. The molecule has 0 aliphatic heterocycles. The molecule has 0 atom stereocenters. The van der Waals surface area contributed by atoms with Crippen LogP contribution in [-0.4, -0.2) is 10.9 Å². The summed E-state index contributed by atoms with van der Waals surface area (Å²) in [5, 5.41) is 3.27. The predicted molar refractivity (Wildman–Crippen MR) is 97.3 cm³/mol. The largest absolute Gasteiger partial charge is 0.364 e. The Balaban J connectivity index is 1.78. The molecular formula is C20H17N3O. The number of benzene rings is 2. The molecule has 2 aromatic carbocycles. The summed E-state index contributed by atoms with van der Waals surface area (Å²) in [7, 11) is 0. The quantitative estimate of drug-likeness (QED) is 0.749. The van der Waals surface area contributed by atoms with E-state index in [1.54, 1.807) is 18.3 Å². The van der Waals surface area contributed by atoms with Crippen molar-refractivity contribution in [2.75, 3.05) is 5.32 Å². The van der Waals surface area contributed by atoms with E-state index in [1.807, 2.05) is 30.3 Å². The van der Waals surface area contributed by atoms with Crippen LogP contribution in [0.2, 0.25) is 0 Å². The second-order valence-corrected chi connectivity index (χ2v) is 5.35. The van der Waals surface area contributed by atoms with Gasteiger partial charge in [-0.1, -0.05) is 49.0 Å². The van der Waals surface area contributed by atoms with Gasteiger partial charge in [0.15, 0.2) is 0 Å². The van der Waals surface area contributed by atoms with Crippen LogP contribution >= 0.6 is 0 Å². The number of rotatable bonds is 5. The molecule has 24 heavy (non-hydrogen) atoms. The number of hydrogen-bond acceptors (Lipinski definition) is 3. The predicted octanol–water partition coefficient (Wildman–Crippen LogP) is 3.93. The van der Waals surface area contributed by atoms with Crippen LogP contribution in [0, 0.1) is 0 Å². The number of primary amides is 1. The van der Waals surface area contributed by atoms with Gasteiger partial charge in [0.1, 0.15) is 5.69 Å². The van der Waals surface area contributed by atoms with Gasteiger partial charge in [-0.25, -0.2) is 0 Å². The molecule has 0 aliphatic rings. The van der Waals surface area contributed by atoms with Gasteiger partial charge >= 0.3 is 0 Å². The molecule has 1 amide bonds. The number of hydrogen-bond donors (Lipinski definition) is 2. The lowest BCUT2D eigenvalue weighted by Crippen LogP contribution is -2.13. The fraction of sp³-hybridized carbons (Fsp3) is 0. The first-order chi connectivity index (χ1) is 11.6. The van der Waals surface area contributed by atoms with E-state index in [9.17, 15) is 4.79 Å². The summed E-state index contributed by atoms with van der Waals surface area (Å²) in [6.07, 6.45) is 1.58. The van der Waals surface area contributed by atoms with Gasteiger partial charge in [0.05, 0.1) is 0 Å². The van der Waals surface area contributed by atoms with Gasteiger partial charge in [-0.15, -0.1) is 0 Å². The second kappa shape index (κ2) is 6.79. The van der Waals surface area contributed by atoms with Gasteiger partial charge < -0.3 is 11.1 Å². The van der Waals surface area contributed by atoms with Crippen LogP contribution in [0.25, 0.3) is 16.8 Å². The maximum Gasteiger partial charge on any atom is 0.267 e. The van der Waals surface area contributed by atoms with Crippen molar-refractivity contribution in [3.8, 4) is 11.1 Å². The number of amides is 1. The van der Waals surface area contributed by atoms with Crippen LogP contribution in [0.3, 0.4) is 0 Å². The fourth-order valence-electron chi connectivity index (χ4n) is 2.37. The Morgan fingerprint density at radius 2 is 1.71 bits per heavy atom. The molecule has 3 aromatic rings. The van der Waals surface area contributed by atoms with Gasteiger partial charge in [0.25, 0.3) is 5.91 Å². The van der Waals surface area contributed by atoms with E-state index in [2.05, 4.69) is 41.1 Å². The second-order valence-electron chi connectivity index (χ2n) is 5.35. The van der Waals surface area contributed by atoms with Gasteiger partial charge in [-0.3, -0.25) is 9.78 Å². The third-order valence-electron chi connectivity index (χ3n) is 3.63. The maximum absolute atomic E-state index is 11.1. The Bertz CT molecular complexity index is 871. The zero-order valence-electron chi connectivity index (χ0n) is 13.1. The Morgan fingerprint density at radius 3 is 2.38 bits per heavy atom. The Hall–Kier alpha value is -3.40. The van der Waals surface area contributed by atoms with Crippen molar-refractivity contribution >= 4 is 17.3 Å². The highest BCUT2D eigenvalue weighted by atomic mass is 16.1. The maximum atomic E-state index is 11.1. The number of nitrogens with one attached hydrogen (secondary N) is 1. The zero-order chi connectivity index (χ0) is 16.9. The third kappa shape index (κ3) is 3.50. The lowest BCUT2D eigenvalue weighted by Gasteiger charge is -2.11. The molecule has 0 unspecified atom stereocenters. The Kier molecular flexibility index (Phi) is 4.38. The monoisotopic (exact) mass is 315 g/mol. The van der Waals surface area contributed by atoms with E-state index in [-0.39, 0.29) is 5.69 Å². The van der Waals surface area contributed by atoms with Crippen LogP contribution in [0.4, 0.5) is 5.69 Å². The number of aromatic nitrogens is 1. The topological polar surface area (TPSA) is 68.0 Å². The normalized spacial score (nSPS) is 10.2. The third-order valence-corrected chi connectivity index (χ3v) is 3.63. The Morgan fingerprint density at radius 1 is 0.958 bits per heavy atom. The fourth-order valence-corrected chi connectivity index (χ4v) is 2.37. The SMILES string of the molecule is C=C(Nc1cccc(-c2ccccc2)c1)c1ccc(C(N)=O)nc1. The molecule has 3 N–H and O–H groups in total. The van der Waals surface area contributed by atoms with Crippen molar-refractivity contribution in [2.45, 2.75) is 0 Å². The molecule has 1 aromatic heterocycles. The minimum absolute atomic E-state index is 0.234. The molecule has 0 saturated carbocycles. The van der Waals surface area contributed by atoms with Crippen molar-refractivity contribution in [3.05, 3.63) is 90.8 Å². The minimum atomic E-state index is -0.546. The molecule has 0 spiro atoms. The zero-order valence-corrected chi connectivity index (χ0v) is 13.1. The number of carbonyl (C=O) groups excluding carboxylic acids is 1. The smallest absolute Gasteiger partial charge is 0.267 e. The average molecular weight is 315 g/mol. The molecule has 1 heterocycles. The number of anilines is 1. The minimum Gasteiger partial charge on any atom is -0.364 e. The van der Waals surface area contributed by atoms with Crippen molar-refractivity contribution < 1.29 is 4.79 Å². The molecule has 0 aliphatic carbocycles. The first-order valence-electron chi connectivity index (χ1n) is 7.51. The van der Waals surface area contributed by atoms with E-state index in [0.717, 1.165) is 22.4 Å². The van der Waals surface area contributed by atoms with Crippen LogP contribution < -0.4 is 11.1 Å². The first-order valence-corrected chi connectivity index (χ1v) is 7.51. The van der Waals surface area contributed by atoms with E-state index >= 15 is 0 Å². The summed E-state index contributed by atoms with van der Waals surface area (Å²) in [4.78, 5) is 15.1. The van der Waals surface area contributed by atoms with Gasteiger partial charge in [0, 0.05) is 23.1 Å². The van der Waals surface area contributed by atoms with E-state index in [0.29, 0.717) is 5.70 Å². The Labute approximate surface area is 140 Å². The van der Waals surface area contributed by atoms with Gasteiger partial charge in [-0.2, -0.15) is 0 Å². The van der Waals surface area contributed by atoms with Crippen LogP contribution in [0.15, 0.2) is 79.5 Å². The number of nitrogens with two attached hydrogens (primary N) is 1. The van der Waals surface area contributed by atoms with Crippen LogP contribution in [0.5, 0.6) is 0 Å². The molecule has 4 nitrogen and oxygen atoms in total. The summed E-state index contributed by atoms with van der Waals surface area (Å²) in [5.41, 5.74) is 10.1. The highest BCUT2D eigenvalue weighted by Crippen LogP contribution is 2.24. The van der Waals surface area contributed by atoms with Gasteiger partial charge in [0.2, 0.25) is 0 Å². The summed E-state index contributed by atoms with van der Waals surface area (Å²) >= 11 is 0. The molecule has 0 fully saturated rings. The van der Waals surface area contributed by atoms with E-state index < -0.39 is 5.91 Å². The highest BCUT2D eigenvalue weighted by molar-refractivity contribution is 5.91. The van der Waals surface area contributed by atoms with Crippen molar-refractivity contribution in [1.82, 2.24) is 4.98 Å².